The normalized spacial score (nSPS) is 10.2. The third kappa shape index (κ3) is 3.49. The molecule has 0 saturated heterocycles. The highest BCUT2D eigenvalue weighted by molar-refractivity contribution is 9.10. The van der Waals surface area contributed by atoms with Gasteiger partial charge in [-0.3, -0.25) is 5.41 Å². The first-order valence-electron chi connectivity index (χ1n) is 5.58. The Morgan fingerprint density at radius 3 is 2.53 bits per heavy atom. The van der Waals surface area contributed by atoms with E-state index in [0.717, 1.165) is 10.0 Å². The van der Waals surface area contributed by atoms with Gasteiger partial charge in [0.2, 0.25) is 0 Å². The minimum absolute atomic E-state index is 0.0291. The Labute approximate surface area is 125 Å². The quantitative estimate of drug-likeness (QED) is 0.654. The summed E-state index contributed by atoms with van der Waals surface area (Å²) in [7, 11) is 0. The maximum Gasteiger partial charge on any atom is 0.131 e. The monoisotopic (exact) mass is 338 g/mol. The van der Waals surface area contributed by atoms with Crippen LogP contribution in [0.4, 0.5) is 0 Å². The van der Waals surface area contributed by atoms with Crippen molar-refractivity contribution in [2.45, 2.75) is 6.61 Å². The van der Waals surface area contributed by atoms with Gasteiger partial charge in [-0.05, 0) is 45.8 Å². The second-order valence-corrected chi connectivity index (χ2v) is 5.23. The number of amidine groups is 1. The fraction of sp³-hybridized carbons (Fsp3) is 0.0714. The summed E-state index contributed by atoms with van der Waals surface area (Å²) in [4.78, 5) is 0. The lowest BCUT2D eigenvalue weighted by molar-refractivity contribution is 0.305. The fourth-order valence-corrected chi connectivity index (χ4v) is 2.32. The molecular formula is C14H12BrClN2O. The molecule has 0 radical (unpaired) electrons. The van der Waals surface area contributed by atoms with Gasteiger partial charge in [-0.15, -0.1) is 0 Å². The number of hydrogen-bond donors (Lipinski definition) is 2. The zero-order valence-electron chi connectivity index (χ0n) is 9.99. The molecule has 19 heavy (non-hydrogen) atoms. The lowest BCUT2D eigenvalue weighted by Crippen LogP contribution is -2.14. The van der Waals surface area contributed by atoms with Gasteiger partial charge in [0.15, 0.2) is 0 Å². The smallest absolute Gasteiger partial charge is 0.131 e. The number of rotatable bonds is 4. The summed E-state index contributed by atoms with van der Waals surface area (Å²) in [6.07, 6.45) is 0. The average Bonchev–Trinajstić information content (AvgIpc) is 2.37. The zero-order chi connectivity index (χ0) is 13.8. The van der Waals surface area contributed by atoms with Crippen LogP contribution in [-0.4, -0.2) is 5.84 Å². The van der Waals surface area contributed by atoms with Gasteiger partial charge in [-0.1, -0.05) is 29.8 Å². The minimum Gasteiger partial charge on any atom is -0.488 e. The van der Waals surface area contributed by atoms with Crippen molar-refractivity contribution < 1.29 is 4.74 Å². The van der Waals surface area contributed by atoms with Gasteiger partial charge >= 0.3 is 0 Å². The molecule has 0 saturated carbocycles. The predicted octanol–water partition coefficient (Wildman–Crippen LogP) is 3.97. The largest absolute Gasteiger partial charge is 0.488 e. The van der Waals surface area contributed by atoms with Crippen LogP contribution in [0, 0.1) is 5.41 Å². The molecule has 2 aromatic carbocycles. The summed E-state index contributed by atoms with van der Waals surface area (Å²) in [5.41, 5.74) is 7.13. The number of nitrogen functional groups attached to an aromatic ring is 1. The molecule has 2 rings (SSSR count). The molecule has 3 N–H and O–H groups in total. The van der Waals surface area contributed by atoms with Gasteiger partial charge in [0, 0.05) is 9.50 Å². The summed E-state index contributed by atoms with van der Waals surface area (Å²) in [5, 5.41) is 8.27. The highest BCUT2D eigenvalue weighted by atomic mass is 79.9. The van der Waals surface area contributed by atoms with Gasteiger partial charge < -0.3 is 10.5 Å². The summed E-state index contributed by atoms with van der Waals surface area (Å²) in [5.74, 6) is 0.551. The second-order valence-electron chi connectivity index (χ2n) is 3.94. The van der Waals surface area contributed by atoms with Gasteiger partial charge in [0.1, 0.15) is 18.2 Å². The molecule has 98 valence electrons. The molecule has 0 aliphatic heterocycles. The Morgan fingerprint density at radius 1 is 1.21 bits per heavy atom. The third-order valence-electron chi connectivity index (χ3n) is 2.55. The van der Waals surface area contributed by atoms with Crippen LogP contribution in [0.1, 0.15) is 11.1 Å². The molecule has 0 unspecified atom stereocenters. The van der Waals surface area contributed by atoms with E-state index in [9.17, 15) is 0 Å². The number of hydrogen-bond acceptors (Lipinski definition) is 2. The van der Waals surface area contributed by atoms with Crippen LogP contribution in [0.3, 0.4) is 0 Å². The van der Waals surface area contributed by atoms with Crippen LogP contribution < -0.4 is 10.5 Å². The standard InChI is InChI=1S/C14H12BrClN2O/c15-11-2-1-3-12(13(11)14(17)18)19-8-9-4-6-10(16)7-5-9/h1-7H,8H2,(H3,17,18). The number of ether oxygens (including phenoxy) is 1. The van der Waals surface area contributed by atoms with Gasteiger partial charge in [0.25, 0.3) is 0 Å². The Hall–Kier alpha value is -1.52. The third-order valence-corrected chi connectivity index (χ3v) is 3.47. The first kappa shape index (κ1) is 13.9. The van der Waals surface area contributed by atoms with E-state index < -0.39 is 0 Å². The summed E-state index contributed by atoms with van der Waals surface area (Å²) >= 11 is 9.19. The Balaban J connectivity index is 2.18. The summed E-state index contributed by atoms with van der Waals surface area (Å²) in [6, 6.07) is 12.9. The van der Waals surface area contributed by atoms with Crippen LogP contribution in [0.15, 0.2) is 46.9 Å². The average molecular weight is 340 g/mol. The topological polar surface area (TPSA) is 59.1 Å². The van der Waals surface area contributed by atoms with E-state index in [1.165, 1.54) is 0 Å². The fourth-order valence-electron chi connectivity index (χ4n) is 1.63. The molecule has 3 nitrogen and oxygen atoms in total. The van der Waals surface area contributed by atoms with Gasteiger partial charge in [-0.25, -0.2) is 0 Å². The van der Waals surface area contributed by atoms with Crippen molar-refractivity contribution in [2.75, 3.05) is 0 Å². The highest BCUT2D eigenvalue weighted by Gasteiger charge is 2.10. The van der Waals surface area contributed by atoms with E-state index in [2.05, 4.69) is 15.9 Å². The highest BCUT2D eigenvalue weighted by Crippen LogP contribution is 2.27. The number of benzene rings is 2. The second kappa shape index (κ2) is 6.08. The van der Waals surface area contributed by atoms with Crippen LogP contribution in [0.5, 0.6) is 5.75 Å². The lowest BCUT2D eigenvalue weighted by Gasteiger charge is -2.12. The molecule has 0 amide bonds. The first-order chi connectivity index (χ1) is 9.08. The van der Waals surface area contributed by atoms with Crippen molar-refractivity contribution in [3.8, 4) is 5.75 Å². The lowest BCUT2D eigenvalue weighted by atomic mass is 10.2. The molecule has 0 fully saturated rings. The molecular weight excluding hydrogens is 328 g/mol. The Kier molecular flexibility index (Phi) is 4.45. The van der Waals surface area contributed by atoms with E-state index >= 15 is 0 Å². The first-order valence-corrected chi connectivity index (χ1v) is 6.75. The Bertz CT molecular complexity index is 599. The van der Waals surface area contributed by atoms with Crippen LogP contribution >= 0.6 is 27.5 Å². The summed E-state index contributed by atoms with van der Waals surface area (Å²) < 4.78 is 6.46. The van der Waals surface area contributed by atoms with Crippen molar-refractivity contribution in [1.29, 1.82) is 5.41 Å². The zero-order valence-corrected chi connectivity index (χ0v) is 12.3. The predicted molar refractivity (Wildman–Crippen MR) is 80.9 cm³/mol. The molecule has 0 aliphatic rings. The van der Waals surface area contributed by atoms with E-state index in [1.54, 1.807) is 6.07 Å². The maximum atomic E-state index is 7.58. The van der Waals surface area contributed by atoms with Crippen LogP contribution in [-0.2, 0) is 6.61 Å². The summed E-state index contributed by atoms with van der Waals surface area (Å²) in [6.45, 7) is 0.397. The maximum absolute atomic E-state index is 7.58. The molecule has 2 aromatic rings. The van der Waals surface area contributed by atoms with E-state index in [0.29, 0.717) is 22.9 Å². The minimum atomic E-state index is -0.0291. The van der Waals surface area contributed by atoms with Crippen molar-refractivity contribution >= 4 is 33.4 Å². The van der Waals surface area contributed by atoms with Crippen molar-refractivity contribution in [3.05, 3.63) is 63.1 Å². The van der Waals surface area contributed by atoms with E-state index in [-0.39, 0.29) is 5.84 Å². The Morgan fingerprint density at radius 2 is 1.89 bits per heavy atom. The number of nitrogens with two attached hydrogens (primary N) is 1. The van der Waals surface area contributed by atoms with Crippen molar-refractivity contribution in [2.24, 2.45) is 5.73 Å². The van der Waals surface area contributed by atoms with Crippen molar-refractivity contribution in [1.82, 2.24) is 0 Å². The number of halogens is 2. The van der Waals surface area contributed by atoms with E-state index in [4.69, 9.17) is 27.5 Å². The molecule has 0 spiro atoms. The SMILES string of the molecule is N=C(N)c1c(Br)cccc1OCc1ccc(Cl)cc1. The van der Waals surface area contributed by atoms with Crippen LogP contribution in [0.25, 0.3) is 0 Å². The molecule has 0 aliphatic carbocycles. The van der Waals surface area contributed by atoms with Crippen molar-refractivity contribution in [3.63, 3.8) is 0 Å². The van der Waals surface area contributed by atoms with Gasteiger partial charge in [0.05, 0.1) is 5.56 Å². The molecule has 0 atom stereocenters. The molecule has 0 bridgehead atoms. The van der Waals surface area contributed by atoms with Gasteiger partial charge in [-0.2, -0.15) is 0 Å². The van der Waals surface area contributed by atoms with E-state index in [1.807, 2.05) is 36.4 Å². The molecule has 0 aromatic heterocycles. The molecule has 5 heteroatoms. The molecule has 0 heterocycles. The van der Waals surface area contributed by atoms with Crippen LogP contribution in [0.2, 0.25) is 5.02 Å². The number of nitrogens with one attached hydrogen (secondary N) is 1.